The summed E-state index contributed by atoms with van der Waals surface area (Å²) in [5.74, 6) is 0.307. The Kier molecular flexibility index (Phi) is 7.22. The molecule has 33 heavy (non-hydrogen) atoms. The van der Waals surface area contributed by atoms with Crippen molar-refractivity contribution in [1.82, 2.24) is 4.90 Å². The van der Waals surface area contributed by atoms with Gasteiger partial charge in [0.1, 0.15) is 10.1 Å². The summed E-state index contributed by atoms with van der Waals surface area (Å²) in [6, 6.07) is 25.2. The number of para-hydroxylation sites is 1. The second-order valence-electron chi connectivity index (χ2n) is 7.32. The van der Waals surface area contributed by atoms with Gasteiger partial charge in [0.05, 0.1) is 12.0 Å². The topological polar surface area (TPSA) is 58.6 Å². The molecule has 0 radical (unpaired) electrons. The molecule has 1 fully saturated rings. The van der Waals surface area contributed by atoms with Gasteiger partial charge in [-0.1, -0.05) is 84.6 Å². The molecule has 5 nitrogen and oxygen atoms in total. The number of rotatable bonds is 7. The predicted molar refractivity (Wildman–Crippen MR) is 138 cm³/mol. The number of hydrogen-bond acceptors (Lipinski definition) is 5. The maximum Gasteiger partial charge on any atom is 0.266 e. The number of carbonyl (C=O) groups excluding carboxylic acids is 2. The highest BCUT2D eigenvalue weighted by atomic mass is 32.2. The van der Waals surface area contributed by atoms with E-state index in [0.717, 1.165) is 16.7 Å². The Balaban J connectivity index is 1.35. The van der Waals surface area contributed by atoms with E-state index in [9.17, 15) is 9.59 Å². The fourth-order valence-electron chi connectivity index (χ4n) is 3.43. The van der Waals surface area contributed by atoms with Crippen LogP contribution in [0.2, 0.25) is 0 Å². The number of benzene rings is 3. The minimum Gasteiger partial charge on any atom is -0.496 e. The van der Waals surface area contributed by atoms with Gasteiger partial charge in [0.2, 0.25) is 5.91 Å². The minimum atomic E-state index is -0.198. The molecule has 0 aromatic heterocycles. The summed E-state index contributed by atoms with van der Waals surface area (Å²) >= 11 is 6.61. The third-order valence-corrected chi connectivity index (χ3v) is 6.52. The Hall–Kier alpha value is -3.42. The molecule has 7 heteroatoms. The van der Waals surface area contributed by atoms with Gasteiger partial charge >= 0.3 is 0 Å². The van der Waals surface area contributed by atoms with Gasteiger partial charge in [-0.05, 0) is 35.4 Å². The van der Waals surface area contributed by atoms with Gasteiger partial charge in [0.15, 0.2) is 0 Å². The van der Waals surface area contributed by atoms with Gasteiger partial charge < -0.3 is 10.1 Å². The molecule has 1 aliphatic heterocycles. The van der Waals surface area contributed by atoms with E-state index < -0.39 is 0 Å². The van der Waals surface area contributed by atoms with Crippen molar-refractivity contribution in [3.05, 3.63) is 89.3 Å². The molecule has 1 heterocycles. The van der Waals surface area contributed by atoms with Crippen molar-refractivity contribution in [2.75, 3.05) is 19.0 Å². The van der Waals surface area contributed by atoms with E-state index in [1.54, 1.807) is 13.2 Å². The number of anilines is 1. The molecular weight excluding hydrogens is 452 g/mol. The molecule has 3 aromatic rings. The first-order valence-electron chi connectivity index (χ1n) is 10.4. The highest BCUT2D eigenvalue weighted by Gasteiger charge is 2.32. The van der Waals surface area contributed by atoms with Crippen molar-refractivity contribution in [3.63, 3.8) is 0 Å². The number of carbonyl (C=O) groups is 2. The van der Waals surface area contributed by atoms with Gasteiger partial charge in [0, 0.05) is 24.2 Å². The van der Waals surface area contributed by atoms with Crippen molar-refractivity contribution in [1.29, 1.82) is 0 Å². The zero-order chi connectivity index (χ0) is 23.2. The molecule has 1 N–H and O–H groups in total. The molecule has 0 spiro atoms. The van der Waals surface area contributed by atoms with E-state index in [4.69, 9.17) is 17.0 Å². The maximum absolute atomic E-state index is 12.8. The molecule has 0 unspecified atom stereocenters. The van der Waals surface area contributed by atoms with Crippen LogP contribution in [0.25, 0.3) is 17.2 Å². The largest absolute Gasteiger partial charge is 0.496 e. The van der Waals surface area contributed by atoms with E-state index in [1.165, 1.54) is 16.7 Å². The molecule has 0 saturated carbocycles. The summed E-state index contributed by atoms with van der Waals surface area (Å²) in [5, 5.41) is 2.88. The van der Waals surface area contributed by atoms with Gasteiger partial charge in [0.25, 0.3) is 5.91 Å². The highest BCUT2D eigenvalue weighted by molar-refractivity contribution is 8.26. The predicted octanol–water partition coefficient (Wildman–Crippen LogP) is 5.59. The molecular formula is C26H22N2O3S2. The van der Waals surface area contributed by atoms with Crippen LogP contribution in [0.4, 0.5) is 5.69 Å². The molecule has 166 valence electrons. The lowest BCUT2D eigenvalue weighted by Crippen LogP contribution is -2.31. The second kappa shape index (κ2) is 10.5. The SMILES string of the molecule is COc1ccccc1C=C1SC(=S)N(CCC(=O)Nc2ccc(-c3ccccc3)cc2)C1=O. The van der Waals surface area contributed by atoms with Crippen molar-refractivity contribution >= 4 is 51.9 Å². The first-order chi connectivity index (χ1) is 16.0. The average Bonchev–Trinajstić information content (AvgIpc) is 3.11. The summed E-state index contributed by atoms with van der Waals surface area (Å²) < 4.78 is 5.79. The van der Waals surface area contributed by atoms with Gasteiger partial charge in [-0.25, -0.2) is 0 Å². The minimum absolute atomic E-state index is 0.148. The number of methoxy groups -OCH3 is 1. The van der Waals surface area contributed by atoms with Gasteiger partial charge in [-0.3, -0.25) is 14.5 Å². The summed E-state index contributed by atoms with van der Waals surface area (Å²) in [5.41, 5.74) is 3.71. The lowest BCUT2D eigenvalue weighted by Gasteiger charge is -2.14. The van der Waals surface area contributed by atoms with Crippen LogP contribution in [-0.2, 0) is 9.59 Å². The summed E-state index contributed by atoms with van der Waals surface area (Å²) in [7, 11) is 1.59. The lowest BCUT2D eigenvalue weighted by atomic mass is 10.1. The highest BCUT2D eigenvalue weighted by Crippen LogP contribution is 2.34. The van der Waals surface area contributed by atoms with Crippen LogP contribution in [-0.4, -0.2) is 34.7 Å². The van der Waals surface area contributed by atoms with Crippen molar-refractivity contribution < 1.29 is 14.3 Å². The van der Waals surface area contributed by atoms with Gasteiger partial charge in [-0.15, -0.1) is 0 Å². The first-order valence-corrected chi connectivity index (χ1v) is 11.6. The number of nitrogens with one attached hydrogen (secondary N) is 1. The van der Waals surface area contributed by atoms with Crippen LogP contribution in [0.1, 0.15) is 12.0 Å². The third-order valence-electron chi connectivity index (χ3n) is 5.14. The molecule has 0 atom stereocenters. The Morgan fingerprint density at radius 1 is 1.00 bits per heavy atom. The Bertz CT molecular complexity index is 1210. The van der Waals surface area contributed by atoms with Crippen LogP contribution in [0.5, 0.6) is 5.75 Å². The summed E-state index contributed by atoms with van der Waals surface area (Å²) in [6.45, 7) is 0.224. The fourth-order valence-corrected chi connectivity index (χ4v) is 4.73. The number of hydrogen-bond donors (Lipinski definition) is 1. The smallest absolute Gasteiger partial charge is 0.266 e. The zero-order valence-electron chi connectivity index (χ0n) is 18.0. The van der Waals surface area contributed by atoms with Crippen LogP contribution in [0.15, 0.2) is 83.8 Å². The fraction of sp³-hybridized carbons (Fsp3) is 0.115. The number of ether oxygens (including phenoxy) is 1. The summed E-state index contributed by atoms with van der Waals surface area (Å²) in [6.07, 6.45) is 1.92. The van der Waals surface area contributed by atoms with Crippen LogP contribution >= 0.6 is 24.0 Å². The molecule has 4 rings (SSSR count). The Morgan fingerprint density at radius 3 is 2.39 bits per heavy atom. The van der Waals surface area contributed by atoms with Crippen molar-refractivity contribution in [3.8, 4) is 16.9 Å². The van der Waals surface area contributed by atoms with Crippen LogP contribution in [0, 0.1) is 0 Å². The monoisotopic (exact) mass is 474 g/mol. The average molecular weight is 475 g/mol. The van der Waals surface area contributed by atoms with E-state index in [-0.39, 0.29) is 24.8 Å². The second-order valence-corrected chi connectivity index (χ2v) is 8.99. The normalized spacial score (nSPS) is 14.6. The van der Waals surface area contributed by atoms with Crippen molar-refractivity contribution in [2.45, 2.75) is 6.42 Å². The van der Waals surface area contributed by atoms with E-state index in [2.05, 4.69) is 5.32 Å². The quantitative estimate of drug-likeness (QED) is 0.357. The Morgan fingerprint density at radius 2 is 1.67 bits per heavy atom. The third kappa shape index (κ3) is 5.50. The van der Waals surface area contributed by atoms with Crippen molar-refractivity contribution in [2.24, 2.45) is 0 Å². The van der Waals surface area contributed by atoms with Gasteiger partial charge in [-0.2, -0.15) is 0 Å². The number of nitrogens with zero attached hydrogens (tertiary/aromatic N) is 1. The first kappa shape index (κ1) is 22.8. The van der Waals surface area contributed by atoms with E-state index in [0.29, 0.717) is 20.7 Å². The van der Waals surface area contributed by atoms with E-state index >= 15 is 0 Å². The maximum atomic E-state index is 12.8. The standard InChI is InChI=1S/C26H22N2O3S2/c1-31-22-10-6-5-9-20(22)17-23-25(30)28(26(32)33-23)16-15-24(29)27-21-13-11-19(12-14-21)18-7-3-2-4-8-18/h2-14,17H,15-16H2,1H3,(H,27,29). The molecule has 3 aromatic carbocycles. The molecule has 2 amide bonds. The van der Waals surface area contributed by atoms with E-state index in [1.807, 2.05) is 78.9 Å². The molecule has 0 bridgehead atoms. The number of amides is 2. The molecule has 0 aliphatic carbocycles. The lowest BCUT2D eigenvalue weighted by molar-refractivity contribution is -0.122. The van der Waals surface area contributed by atoms with Crippen LogP contribution < -0.4 is 10.1 Å². The summed E-state index contributed by atoms with van der Waals surface area (Å²) in [4.78, 5) is 27.3. The molecule has 1 aliphatic rings. The Labute approximate surface area is 202 Å². The zero-order valence-corrected chi connectivity index (χ0v) is 19.6. The van der Waals surface area contributed by atoms with Crippen LogP contribution in [0.3, 0.4) is 0 Å². The molecule has 1 saturated heterocycles. The number of thiocarbonyl (C=S) groups is 1. The number of thioether (sulfide) groups is 1.